The van der Waals surface area contributed by atoms with Gasteiger partial charge in [-0.2, -0.15) is 0 Å². The largest absolute Gasteiger partial charge is 0.393 e. The Morgan fingerprint density at radius 1 is 1.26 bits per heavy atom. The van der Waals surface area contributed by atoms with Crippen LogP contribution >= 0.6 is 11.6 Å². The third-order valence-corrected chi connectivity index (χ3v) is 4.96. The lowest BCUT2D eigenvalue weighted by Crippen LogP contribution is -2.48. The molecule has 3 atom stereocenters. The zero-order valence-electron chi connectivity index (χ0n) is 11.0. The van der Waals surface area contributed by atoms with E-state index in [1.165, 1.54) is 12.8 Å². The van der Waals surface area contributed by atoms with Gasteiger partial charge in [0.2, 0.25) is 0 Å². The Bertz CT molecular complexity index is 440. The summed E-state index contributed by atoms with van der Waals surface area (Å²) in [6.45, 7) is 0.576. The maximum absolute atomic E-state index is 9.90. The van der Waals surface area contributed by atoms with Crippen LogP contribution in [0.25, 0.3) is 0 Å². The van der Waals surface area contributed by atoms with Crippen LogP contribution in [0.2, 0.25) is 5.02 Å². The molecule has 0 spiro atoms. The molecular weight excluding hydrogens is 260 g/mol. The number of aliphatic hydroxyl groups excluding tert-OH is 1. The lowest BCUT2D eigenvalue weighted by atomic mass is 9.94. The third-order valence-electron chi connectivity index (χ3n) is 4.61. The Kier molecular flexibility index (Phi) is 3.81. The maximum Gasteiger partial charge on any atom is 0.0570 e. The van der Waals surface area contributed by atoms with Crippen LogP contribution in [0.3, 0.4) is 0 Å². The highest BCUT2D eigenvalue weighted by molar-refractivity contribution is 6.31. The molecule has 0 aromatic heterocycles. The number of hydrogen-bond donors (Lipinski definition) is 2. The standard InChI is InChI=1S/C15H21ClN2O/c16-14-4-2-1-3-13(14)15(9-17)18-10-5-6-11(18)8-12(19)7-10/h1-4,10-12,15,19H,5-9,17H2. The lowest BCUT2D eigenvalue weighted by molar-refractivity contribution is 0.0116. The Balaban J connectivity index is 1.90. The summed E-state index contributed by atoms with van der Waals surface area (Å²) in [5.41, 5.74) is 7.15. The van der Waals surface area contributed by atoms with Gasteiger partial charge in [-0.1, -0.05) is 29.8 Å². The van der Waals surface area contributed by atoms with Crippen LogP contribution in [0, 0.1) is 0 Å². The van der Waals surface area contributed by atoms with Gasteiger partial charge in [-0.15, -0.1) is 0 Å². The third kappa shape index (κ3) is 2.40. The molecule has 0 radical (unpaired) electrons. The first-order valence-electron chi connectivity index (χ1n) is 7.10. The van der Waals surface area contributed by atoms with Crippen molar-refractivity contribution in [2.24, 2.45) is 5.73 Å². The first-order valence-corrected chi connectivity index (χ1v) is 7.48. The second kappa shape index (κ2) is 5.41. The van der Waals surface area contributed by atoms with Crippen molar-refractivity contribution in [2.45, 2.75) is 49.9 Å². The van der Waals surface area contributed by atoms with Gasteiger partial charge < -0.3 is 10.8 Å². The number of benzene rings is 1. The molecule has 2 aliphatic rings. The molecule has 2 saturated heterocycles. The molecule has 4 heteroatoms. The monoisotopic (exact) mass is 280 g/mol. The first kappa shape index (κ1) is 13.4. The van der Waals surface area contributed by atoms with Gasteiger partial charge in [-0.25, -0.2) is 0 Å². The summed E-state index contributed by atoms with van der Waals surface area (Å²) in [4.78, 5) is 2.51. The molecule has 2 bridgehead atoms. The average Bonchev–Trinajstić information content (AvgIpc) is 2.66. The zero-order chi connectivity index (χ0) is 13.4. The molecule has 2 fully saturated rings. The molecule has 19 heavy (non-hydrogen) atoms. The molecule has 3 rings (SSSR count). The highest BCUT2D eigenvalue weighted by Crippen LogP contribution is 2.42. The summed E-state index contributed by atoms with van der Waals surface area (Å²) in [5, 5.41) is 10.7. The van der Waals surface area contributed by atoms with E-state index in [2.05, 4.69) is 11.0 Å². The summed E-state index contributed by atoms with van der Waals surface area (Å²) in [6.07, 6.45) is 3.94. The van der Waals surface area contributed by atoms with Gasteiger partial charge in [-0.3, -0.25) is 4.90 Å². The summed E-state index contributed by atoms with van der Waals surface area (Å²) in [7, 11) is 0. The number of nitrogens with zero attached hydrogens (tertiary/aromatic N) is 1. The van der Waals surface area contributed by atoms with Crippen LogP contribution in [0.1, 0.15) is 37.3 Å². The second-order valence-electron chi connectivity index (χ2n) is 5.73. The van der Waals surface area contributed by atoms with Crippen molar-refractivity contribution in [3.8, 4) is 0 Å². The van der Waals surface area contributed by atoms with Crippen LogP contribution in [0.15, 0.2) is 24.3 Å². The second-order valence-corrected chi connectivity index (χ2v) is 6.14. The van der Waals surface area contributed by atoms with E-state index in [1.54, 1.807) is 0 Å². The van der Waals surface area contributed by atoms with Crippen LogP contribution in [-0.4, -0.2) is 34.7 Å². The normalized spacial score (nSPS) is 32.5. The van der Waals surface area contributed by atoms with Gasteiger partial charge >= 0.3 is 0 Å². The van der Waals surface area contributed by atoms with Crippen molar-refractivity contribution >= 4 is 11.6 Å². The number of aliphatic hydroxyl groups is 1. The summed E-state index contributed by atoms with van der Waals surface area (Å²) in [6, 6.07) is 9.07. The van der Waals surface area contributed by atoms with Gasteiger partial charge in [0.05, 0.1) is 6.10 Å². The highest BCUT2D eigenvalue weighted by Gasteiger charge is 2.43. The molecule has 3 nitrogen and oxygen atoms in total. The van der Waals surface area contributed by atoms with E-state index >= 15 is 0 Å². The summed E-state index contributed by atoms with van der Waals surface area (Å²) < 4.78 is 0. The minimum atomic E-state index is -0.140. The first-order chi connectivity index (χ1) is 9.20. The Labute approximate surface area is 119 Å². The minimum absolute atomic E-state index is 0.140. The molecule has 0 amide bonds. The number of rotatable bonds is 3. The Morgan fingerprint density at radius 2 is 1.89 bits per heavy atom. The molecule has 104 valence electrons. The number of hydrogen-bond acceptors (Lipinski definition) is 3. The number of piperidine rings is 1. The smallest absolute Gasteiger partial charge is 0.0570 e. The van der Waals surface area contributed by atoms with E-state index in [0.717, 1.165) is 23.4 Å². The minimum Gasteiger partial charge on any atom is -0.393 e. The molecular formula is C15H21ClN2O. The van der Waals surface area contributed by atoms with Gasteiger partial charge in [0, 0.05) is 29.7 Å². The average molecular weight is 281 g/mol. The van der Waals surface area contributed by atoms with Gasteiger partial charge in [-0.05, 0) is 37.3 Å². The summed E-state index contributed by atoms with van der Waals surface area (Å²) in [5.74, 6) is 0. The van der Waals surface area contributed by atoms with Gasteiger partial charge in [0.1, 0.15) is 0 Å². The SMILES string of the molecule is NCC(c1ccccc1Cl)N1C2CCC1CC(O)C2. The van der Waals surface area contributed by atoms with Crippen molar-refractivity contribution in [1.82, 2.24) is 4.90 Å². The fourth-order valence-corrected chi connectivity index (χ4v) is 4.11. The number of halogens is 1. The topological polar surface area (TPSA) is 49.5 Å². The van der Waals surface area contributed by atoms with E-state index in [-0.39, 0.29) is 12.1 Å². The molecule has 1 aromatic carbocycles. The van der Waals surface area contributed by atoms with E-state index < -0.39 is 0 Å². The number of fused-ring (bicyclic) bond motifs is 2. The fraction of sp³-hybridized carbons (Fsp3) is 0.600. The molecule has 3 N–H and O–H groups in total. The lowest BCUT2D eigenvalue weighted by Gasteiger charge is -2.42. The van der Waals surface area contributed by atoms with Crippen molar-refractivity contribution in [1.29, 1.82) is 0 Å². The van der Waals surface area contributed by atoms with Crippen molar-refractivity contribution in [2.75, 3.05) is 6.54 Å². The zero-order valence-corrected chi connectivity index (χ0v) is 11.8. The van der Waals surface area contributed by atoms with Crippen molar-refractivity contribution in [3.63, 3.8) is 0 Å². The molecule has 0 saturated carbocycles. The van der Waals surface area contributed by atoms with E-state index in [1.807, 2.05) is 18.2 Å². The fourth-order valence-electron chi connectivity index (χ4n) is 3.85. The van der Waals surface area contributed by atoms with Crippen LogP contribution in [-0.2, 0) is 0 Å². The molecule has 2 aliphatic heterocycles. The Morgan fingerprint density at radius 3 is 2.47 bits per heavy atom. The van der Waals surface area contributed by atoms with Crippen molar-refractivity contribution < 1.29 is 5.11 Å². The number of nitrogens with two attached hydrogens (primary N) is 1. The predicted octanol–water partition coefficient (Wildman–Crippen LogP) is 2.33. The van der Waals surface area contributed by atoms with Crippen LogP contribution in [0.5, 0.6) is 0 Å². The predicted molar refractivity (Wildman–Crippen MR) is 77.1 cm³/mol. The molecule has 1 aromatic rings. The van der Waals surface area contributed by atoms with Crippen LogP contribution in [0.4, 0.5) is 0 Å². The van der Waals surface area contributed by atoms with E-state index in [4.69, 9.17) is 17.3 Å². The highest BCUT2D eigenvalue weighted by atomic mass is 35.5. The Hall–Kier alpha value is -0.610. The quantitative estimate of drug-likeness (QED) is 0.893. The van der Waals surface area contributed by atoms with E-state index in [9.17, 15) is 5.11 Å². The molecule has 3 unspecified atom stereocenters. The van der Waals surface area contributed by atoms with Crippen molar-refractivity contribution in [3.05, 3.63) is 34.9 Å². The molecule has 2 heterocycles. The van der Waals surface area contributed by atoms with Gasteiger partial charge in [0.15, 0.2) is 0 Å². The maximum atomic E-state index is 9.90. The van der Waals surface area contributed by atoms with E-state index in [0.29, 0.717) is 18.6 Å². The van der Waals surface area contributed by atoms with Gasteiger partial charge in [0.25, 0.3) is 0 Å². The van der Waals surface area contributed by atoms with Crippen LogP contribution < -0.4 is 5.73 Å². The summed E-state index contributed by atoms with van der Waals surface area (Å²) >= 11 is 6.33. The molecule has 0 aliphatic carbocycles.